The number of aromatic nitrogens is 1. The van der Waals surface area contributed by atoms with Crippen LogP contribution in [-0.4, -0.2) is 30.3 Å². The maximum atomic E-state index is 12.1. The van der Waals surface area contributed by atoms with E-state index in [-0.39, 0.29) is 0 Å². The molecule has 0 aliphatic heterocycles. The number of aryl methyl sites for hydroxylation is 1. The number of carbonyl (C=O) groups excluding carboxylic acids is 2. The third-order valence-electron chi connectivity index (χ3n) is 3.87. The number of hydrogen-bond donors (Lipinski definition) is 2. The molecule has 0 saturated heterocycles. The highest BCUT2D eigenvalue weighted by Gasteiger charge is 2.26. The first-order valence-corrected chi connectivity index (χ1v) is 8.73. The van der Waals surface area contributed by atoms with Gasteiger partial charge in [-0.15, -0.1) is 11.3 Å². The topological polar surface area (TPSA) is 92.7 Å². The van der Waals surface area contributed by atoms with Crippen LogP contribution in [0.4, 0.5) is 9.80 Å². The Morgan fingerprint density at radius 3 is 2.80 bits per heavy atom. The molecule has 2 aromatic heterocycles. The van der Waals surface area contributed by atoms with Gasteiger partial charge in [0.25, 0.3) is 0 Å². The summed E-state index contributed by atoms with van der Waals surface area (Å²) in [5, 5.41) is 7.11. The molecule has 2 aromatic rings. The Labute approximate surface area is 149 Å². The van der Waals surface area contributed by atoms with Crippen LogP contribution >= 0.6 is 11.3 Å². The van der Waals surface area contributed by atoms with Crippen LogP contribution in [0.1, 0.15) is 39.2 Å². The summed E-state index contributed by atoms with van der Waals surface area (Å²) in [4.78, 5) is 29.3. The second kappa shape index (κ2) is 7.89. The molecule has 25 heavy (non-hydrogen) atoms. The van der Waals surface area contributed by atoms with Gasteiger partial charge in [0.05, 0.1) is 18.9 Å². The van der Waals surface area contributed by atoms with E-state index in [4.69, 9.17) is 4.74 Å². The number of amides is 2. The second-order valence-corrected chi connectivity index (χ2v) is 6.62. The molecule has 0 unspecified atom stereocenters. The van der Waals surface area contributed by atoms with Crippen LogP contribution in [0.5, 0.6) is 0 Å². The number of nitrogens with one attached hydrogen (secondary N) is 2. The molecule has 2 heterocycles. The van der Waals surface area contributed by atoms with Crippen LogP contribution in [0.3, 0.4) is 0 Å². The van der Waals surface area contributed by atoms with Crippen molar-refractivity contribution in [2.45, 2.75) is 25.7 Å². The van der Waals surface area contributed by atoms with Crippen LogP contribution < -0.4 is 10.7 Å². The number of anilines is 1. The van der Waals surface area contributed by atoms with Gasteiger partial charge in [-0.3, -0.25) is 10.3 Å². The van der Waals surface area contributed by atoms with Gasteiger partial charge in [-0.05, 0) is 48.9 Å². The van der Waals surface area contributed by atoms with Crippen molar-refractivity contribution in [3.8, 4) is 0 Å². The van der Waals surface area contributed by atoms with E-state index in [1.807, 2.05) is 0 Å². The van der Waals surface area contributed by atoms with Crippen molar-refractivity contribution in [3.63, 3.8) is 0 Å². The zero-order chi connectivity index (χ0) is 17.6. The van der Waals surface area contributed by atoms with Crippen molar-refractivity contribution >= 4 is 34.6 Å². The fourth-order valence-electron chi connectivity index (χ4n) is 2.72. The number of ether oxygens (including phenoxy) is 1. The molecule has 0 atom stereocenters. The number of thiophene rings is 1. The Hall–Kier alpha value is -2.74. The van der Waals surface area contributed by atoms with E-state index in [0.29, 0.717) is 10.6 Å². The predicted molar refractivity (Wildman–Crippen MR) is 96.3 cm³/mol. The SMILES string of the molecule is COC(=O)c1c(NC(=O)NN=Cc2ccncc2)sc2c1CCCC2. The van der Waals surface area contributed by atoms with Crippen molar-refractivity contribution < 1.29 is 14.3 Å². The van der Waals surface area contributed by atoms with Crippen molar-refractivity contribution in [1.82, 2.24) is 10.4 Å². The number of rotatable bonds is 4. The highest BCUT2D eigenvalue weighted by atomic mass is 32.1. The fourth-order valence-corrected chi connectivity index (χ4v) is 3.99. The Morgan fingerprint density at radius 2 is 2.04 bits per heavy atom. The maximum absolute atomic E-state index is 12.1. The standard InChI is InChI=1S/C17H18N4O3S/c1-24-16(22)14-12-4-2-3-5-13(12)25-15(14)20-17(23)21-19-10-11-6-8-18-9-7-11/h6-10H,2-5H2,1H3,(H2,20,21,23). The summed E-state index contributed by atoms with van der Waals surface area (Å²) in [7, 11) is 1.35. The molecule has 0 bridgehead atoms. The summed E-state index contributed by atoms with van der Waals surface area (Å²) in [6.45, 7) is 0. The lowest BCUT2D eigenvalue weighted by Gasteiger charge is -2.11. The highest BCUT2D eigenvalue weighted by Crippen LogP contribution is 2.38. The first-order chi connectivity index (χ1) is 12.2. The molecule has 2 N–H and O–H groups in total. The molecule has 0 radical (unpaired) electrons. The summed E-state index contributed by atoms with van der Waals surface area (Å²) in [6.07, 6.45) is 8.68. The molecule has 0 fully saturated rings. The lowest BCUT2D eigenvalue weighted by atomic mass is 9.95. The Morgan fingerprint density at radius 1 is 1.28 bits per heavy atom. The van der Waals surface area contributed by atoms with E-state index in [1.54, 1.807) is 24.5 Å². The minimum Gasteiger partial charge on any atom is -0.465 e. The van der Waals surface area contributed by atoms with Crippen LogP contribution in [-0.2, 0) is 17.6 Å². The third-order valence-corrected chi connectivity index (χ3v) is 5.08. The van der Waals surface area contributed by atoms with E-state index in [9.17, 15) is 9.59 Å². The number of methoxy groups -OCH3 is 1. The maximum Gasteiger partial charge on any atom is 0.341 e. The Bertz CT molecular complexity index is 802. The van der Waals surface area contributed by atoms with Gasteiger partial charge in [0.1, 0.15) is 5.00 Å². The average Bonchev–Trinajstić information content (AvgIpc) is 2.99. The predicted octanol–water partition coefficient (Wildman–Crippen LogP) is 2.96. The van der Waals surface area contributed by atoms with Gasteiger partial charge >= 0.3 is 12.0 Å². The lowest BCUT2D eigenvalue weighted by molar-refractivity contribution is 0.0601. The molecular weight excluding hydrogens is 340 g/mol. The molecule has 0 spiro atoms. The molecule has 7 nitrogen and oxygen atoms in total. The summed E-state index contributed by atoms with van der Waals surface area (Å²) in [6, 6.07) is 3.03. The van der Waals surface area contributed by atoms with Crippen LogP contribution in [0.25, 0.3) is 0 Å². The lowest BCUT2D eigenvalue weighted by Crippen LogP contribution is -2.24. The van der Waals surface area contributed by atoms with Gasteiger partial charge < -0.3 is 4.74 Å². The van der Waals surface area contributed by atoms with E-state index in [0.717, 1.165) is 41.7 Å². The zero-order valence-corrected chi connectivity index (χ0v) is 14.6. The smallest absolute Gasteiger partial charge is 0.341 e. The number of fused-ring (bicyclic) bond motifs is 1. The number of esters is 1. The molecule has 1 aliphatic rings. The van der Waals surface area contributed by atoms with Crippen molar-refractivity contribution in [1.29, 1.82) is 0 Å². The number of carbonyl (C=O) groups is 2. The van der Waals surface area contributed by atoms with Gasteiger partial charge in [-0.25, -0.2) is 15.0 Å². The summed E-state index contributed by atoms with van der Waals surface area (Å²) in [5.74, 6) is -0.421. The summed E-state index contributed by atoms with van der Waals surface area (Å²) >= 11 is 1.43. The molecule has 2 amide bonds. The number of pyridine rings is 1. The third kappa shape index (κ3) is 4.03. The number of hydrazone groups is 1. The van der Waals surface area contributed by atoms with Crippen LogP contribution in [0.2, 0.25) is 0 Å². The van der Waals surface area contributed by atoms with Crippen LogP contribution in [0, 0.1) is 0 Å². The average molecular weight is 358 g/mol. The van der Waals surface area contributed by atoms with Crippen LogP contribution in [0.15, 0.2) is 29.6 Å². The Balaban J connectivity index is 1.71. The summed E-state index contributed by atoms with van der Waals surface area (Å²) in [5.41, 5.74) is 4.68. The van der Waals surface area contributed by atoms with Gasteiger partial charge in [0, 0.05) is 17.3 Å². The molecule has 0 saturated carbocycles. The van der Waals surface area contributed by atoms with Gasteiger partial charge in [0.2, 0.25) is 0 Å². The molecule has 130 valence electrons. The fraction of sp³-hybridized carbons (Fsp3) is 0.294. The van der Waals surface area contributed by atoms with Crippen molar-refractivity contribution in [3.05, 3.63) is 46.1 Å². The van der Waals surface area contributed by atoms with Crippen molar-refractivity contribution in [2.24, 2.45) is 5.10 Å². The summed E-state index contributed by atoms with van der Waals surface area (Å²) < 4.78 is 4.88. The largest absolute Gasteiger partial charge is 0.465 e. The Kier molecular flexibility index (Phi) is 5.39. The van der Waals surface area contributed by atoms with Gasteiger partial charge in [-0.1, -0.05) is 0 Å². The molecular formula is C17H18N4O3S. The number of urea groups is 1. The number of hydrogen-bond acceptors (Lipinski definition) is 6. The quantitative estimate of drug-likeness (QED) is 0.499. The van der Waals surface area contributed by atoms with E-state index in [2.05, 4.69) is 20.8 Å². The van der Waals surface area contributed by atoms with E-state index < -0.39 is 12.0 Å². The van der Waals surface area contributed by atoms with E-state index >= 15 is 0 Å². The molecule has 1 aliphatic carbocycles. The number of nitrogens with zero attached hydrogens (tertiary/aromatic N) is 2. The van der Waals surface area contributed by atoms with Gasteiger partial charge in [0.15, 0.2) is 0 Å². The second-order valence-electron chi connectivity index (χ2n) is 5.51. The molecule has 3 rings (SSSR count). The minimum atomic E-state index is -0.506. The zero-order valence-electron chi connectivity index (χ0n) is 13.7. The minimum absolute atomic E-state index is 0.421. The first-order valence-electron chi connectivity index (χ1n) is 7.92. The highest BCUT2D eigenvalue weighted by molar-refractivity contribution is 7.17. The van der Waals surface area contributed by atoms with E-state index in [1.165, 1.54) is 24.7 Å². The first kappa shape index (κ1) is 17.1. The normalized spacial score (nSPS) is 13.3. The molecule has 0 aromatic carbocycles. The monoisotopic (exact) mass is 358 g/mol. The van der Waals surface area contributed by atoms with Crippen molar-refractivity contribution in [2.75, 3.05) is 12.4 Å². The molecule has 8 heteroatoms. The van der Waals surface area contributed by atoms with Gasteiger partial charge in [-0.2, -0.15) is 5.10 Å².